The molecule has 0 amide bonds. The molecule has 1 aliphatic heterocycles. The molecule has 1 aromatic carbocycles. The lowest BCUT2D eigenvalue weighted by atomic mass is 9.89. The van der Waals surface area contributed by atoms with E-state index in [9.17, 15) is 13.2 Å². The molecular formula is C14H15BClF3O2. The van der Waals surface area contributed by atoms with Crippen LogP contribution in [0.4, 0.5) is 13.2 Å². The van der Waals surface area contributed by atoms with Gasteiger partial charge >= 0.3 is 13.3 Å². The molecule has 0 saturated carbocycles. The molecule has 1 heterocycles. The van der Waals surface area contributed by atoms with Gasteiger partial charge in [-0.3, -0.25) is 0 Å². The zero-order chi connectivity index (χ0) is 15.8. The minimum Gasteiger partial charge on any atom is -0.402 e. The third kappa shape index (κ3) is 4.02. The van der Waals surface area contributed by atoms with E-state index in [-0.39, 0.29) is 11.1 Å². The normalized spacial score (nSPS) is 22.2. The molecule has 0 aromatic heterocycles. The smallest absolute Gasteiger partial charge is 0.402 e. The van der Waals surface area contributed by atoms with Crippen molar-refractivity contribution in [3.63, 3.8) is 0 Å². The van der Waals surface area contributed by atoms with Crippen LogP contribution in [0, 0.1) is 0 Å². The predicted molar refractivity (Wildman–Crippen MR) is 77.0 cm³/mol. The van der Waals surface area contributed by atoms with Crippen LogP contribution >= 0.6 is 11.6 Å². The van der Waals surface area contributed by atoms with Crippen LogP contribution in [0.3, 0.4) is 0 Å². The van der Waals surface area contributed by atoms with E-state index in [0.29, 0.717) is 5.56 Å². The Morgan fingerprint density at radius 3 is 2.48 bits per heavy atom. The topological polar surface area (TPSA) is 18.5 Å². The monoisotopic (exact) mass is 318 g/mol. The lowest BCUT2D eigenvalue weighted by Crippen LogP contribution is -2.30. The summed E-state index contributed by atoms with van der Waals surface area (Å²) < 4.78 is 49.3. The summed E-state index contributed by atoms with van der Waals surface area (Å²) in [5.74, 6) is 1.58. The van der Waals surface area contributed by atoms with Gasteiger partial charge < -0.3 is 9.31 Å². The first-order chi connectivity index (χ1) is 9.58. The second kappa shape index (κ2) is 5.67. The Bertz CT molecular complexity index is 558. The first-order valence-corrected chi connectivity index (χ1v) is 6.85. The van der Waals surface area contributed by atoms with Crippen LogP contribution in [0.1, 0.15) is 31.9 Å². The quantitative estimate of drug-likeness (QED) is 0.741. The summed E-state index contributed by atoms with van der Waals surface area (Å²) in [6, 6.07) is 3.38. The maximum atomic E-state index is 12.7. The molecule has 0 spiro atoms. The fraction of sp³-hybridized carbons (Fsp3) is 0.429. The van der Waals surface area contributed by atoms with Gasteiger partial charge in [0, 0.05) is 5.02 Å². The number of benzene rings is 1. The molecule has 1 aromatic rings. The SMILES string of the molecule is CC1OB(/C=C/c2cc(Cl)cc(C(F)(F)F)c2)OC1(C)C. The van der Waals surface area contributed by atoms with E-state index in [1.165, 1.54) is 12.1 Å². The third-order valence-corrected chi connectivity index (χ3v) is 3.65. The average Bonchev–Trinajstić information content (AvgIpc) is 2.59. The molecule has 7 heteroatoms. The van der Waals surface area contributed by atoms with E-state index in [1.807, 2.05) is 20.8 Å². The van der Waals surface area contributed by atoms with Gasteiger partial charge in [0.25, 0.3) is 0 Å². The van der Waals surface area contributed by atoms with Crippen molar-refractivity contribution in [3.8, 4) is 0 Å². The highest BCUT2D eigenvalue weighted by Gasteiger charge is 2.41. The van der Waals surface area contributed by atoms with Crippen molar-refractivity contribution in [2.24, 2.45) is 0 Å². The van der Waals surface area contributed by atoms with Crippen LogP contribution in [0.5, 0.6) is 0 Å². The lowest BCUT2D eigenvalue weighted by Gasteiger charge is -2.21. The van der Waals surface area contributed by atoms with E-state index in [2.05, 4.69) is 0 Å². The molecule has 2 nitrogen and oxygen atoms in total. The van der Waals surface area contributed by atoms with Gasteiger partial charge in [0.2, 0.25) is 0 Å². The van der Waals surface area contributed by atoms with E-state index in [0.717, 1.165) is 12.1 Å². The minimum atomic E-state index is -4.43. The van der Waals surface area contributed by atoms with Crippen molar-refractivity contribution in [2.45, 2.75) is 38.7 Å². The van der Waals surface area contributed by atoms with Crippen molar-refractivity contribution in [1.82, 2.24) is 0 Å². The maximum absolute atomic E-state index is 12.7. The first kappa shape index (κ1) is 16.4. The van der Waals surface area contributed by atoms with Crippen molar-refractivity contribution < 1.29 is 22.5 Å². The fourth-order valence-electron chi connectivity index (χ4n) is 1.93. The number of hydrogen-bond acceptors (Lipinski definition) is 2. The van der Waals surface area contributed by atoms with Crippen molar-refractivity contribution in [2.75, 3.05) is 0 Å². The van der Waals surface area contributed by atoms with E-state index in [1.54, 1.807) is 5.98 Å². The molecular weight excluding hydrogens is 303 g/mol. The van der Waals surface area contributed by atoms with Crippen molar-refractivity contribution in [3.05, 3.63) is 40.3 Å². The van der Waals surface area contributed by atoms with Crippen LogP contribution in [0.25, 0.3) is 6.08 Å². The number of hydrogen-bond donors (Lipinski definition) is 0. The van der Waals surface area contributed by atoms with Crippen molar-refractivity contribution >= 4 is 24.8 Å². The first-order valence-electron chi connectivity index (χ1n) is 6.47. The maximum Gasteiger partial charge on any atom is 0.486 e. The highest BCUT2D eigenvalue weighted by atomic mass is 35.5. The van der Waals surface area contributed by atoms with Crippen molar-refractivity contribution in [1.29, 1.82) is 0 Å². The second-order valence-electron chi connectivity index (χ2n) is 5.50. The number of alkyl halides is 3. The largest absolute Gasteiger partial charge is 0.486 e. The van der Waals surface area contributed by atoms with Gasteiger partial charge in [0.05, 0.1) is 17.3 Å². The number of rotatable bonds is 2. The molecule has 0 radical (unpaired) electrons. The van der Waals surface area contributed by atoms with Gasteiger partial charge in [0.15, 0.2) is 0 Å². The summed E-state index contributed by atoms with van der Waals surface area (Å²) in [7, 11) is -0.580. The molecule has 1 saturated heterocycles. The molecule has 1 unspecified atom stereocenters. The highest BCUT2D eigenvalue weighted by Crippen LogP contribution is 2.32. The fourth-order valence-corrected chi connectivity index (χ4v) is 2.18. The molecule has 0 N–H and O–H groups in total. The average molecular weight is 319 g/mol. The van der Waals surface area contributed by atoms with Crippen LogP contribution < -0.4 is 0 Å². The van der Waals surface area contributed by atoms with Crippen LogP contribution in [-0.4, -0.2) is 18.8 Å². The highest BCUT2D eigenvalue weighted by molar-refractivity contribution is 6.52. The van der Waals surface area contributed by atoms with Gasteiger partial charge in [0.1, 0.15) is 0 Å². The molecule has 21 heavy (non-hydrogen) atoms. The zero-order valence-electron chi connectivity index (χ0n) is 11.9. The summed E-state index contributed by atoms with van der Waals surface area (Å²) in [5.41, 5.74) is -0.864. The summed E-state index contributed by atoms with van der Waals surface area (Å²) in [4.78, 5) is 0. The van der Waals surface area contributed by atoms with Gasteiger partial charge in [-0.25, -0.2) is 0 Å². The molecule has 1 aliphatic rings. The van der Waals surface area contributed by atoms with E-state index < -0.39 is 24.5 Å². The molecule has 1 atom stereocenters. The summed E-state index contributed by atoms with van der Waals surface area (Å²) in [6.07, 6.45) is -3.01. The Labute approximate surface area is 127 Å². The zero-order valence-corrected chi connectivity index (χ0v) is 12.6. The summed E-state index contributed by atoms with van der Waals surface area (Å²) >= 11 is 5.72. The lowest BCUT2D eigenvalue weighted by molar-refractivity contribution is -0.137. The van der Waals surface area contributed by atoms with E-state index in [4.69, 9.17) is 20.9 Å². The Morgan fingerprint density at radius 2 is 1.95 bits per heavy atom. The Morgan fingerprint density at radius 1 is 1.29 bits per heavy atom. The van der Waals surface area contributed by atoms with Gasteiger partial charge in [-0.05, 0) is 44.5 Å². The van der Waals surface area contributed by atoms with E-state index >= 15 is 0 Å². The standard InChI is InChI=1S/C14H15BClF3O2/c1-9-13(2,3)21-15(20-9)5-4-10-6-11(14(17,18)19)8-12(16)7-10/h4-9H,1-3H3/b5-4+. The van der Waals surface area contributed by atoms with Gasteiger partial charge in [-0.2, -0.15) is 13.2 Å². The molecule has 0 bridgehead atoms. The minimum absolute atomic E-state index is 0.0337. The number of halogens is 4. The Hall–Kier alpha value is -0.975. The molecule has 2 rings (SSSR count). The Balaban J connectivity index is 2.17. The molecule has 0 aliphatic carbocycles. The van der Waals surface area contributed by atoms with Gasteiger partial charge in [-0.15, -0.1) is 0 Å². The van der Waals surface area contributed by atoms with Crippen LogP contribution in [0.15, 0.2) is 24.2 Å². The summed E-state index contributed by atoms with van der Waals surface area (Å²) in [6.45, 7) is 5.67. The van der Waals surface area contributed by atoms with Crippen LogP contribution in [-0.2, 0) is 15.5 Å². The second-order valence-corrected chi connectivity index (χ2v) is 5.93. The summed E-state index contributed by atoms with van der Waals surface area (Å²) in [5, 5.41) is 0.0337. The third-order valence-electron chi connectivity index (χ3n) is 3.43. The van der Waals surface area contributed by atoms with Crippen LogP contribution in [0.2, 0.25) is 5.02 Å². The molecule has 1 fully saturated rings. The Kier molecular flexibility index (Phi) is 4.43. The predicted octanol–water partition coefficient (Wildman–Crippen LogP) is 4.61. The molecule has 114 valence electrons. The van der Waals surface area contributed by atoms with Gasteiger partial charge in [-0.1, -0.05) is 23.7 Å².